The molecule has 0 aliphatic carbocycles. The molecule has 2 unspecified atom stereocenters. The summed E-state index contributed by atoms with van der Waals surface area (Å²) in [5, 5.41) is -1.13. The second kappa shape index (κ2) is 3.96. The SMILES string of the molecule is COC(=O)C(Cl)C(C)Cl. The summed E-state index contributed by atoms with van der Waals surface area (Å²) in [5.41, 5.74) is 0. The van der Waals surface area contributed by atoms with Crippen molar-refractivity contribution < 1.29 is 9.53 Å². The molecule has 2 atom stereocenters. The van der Waals surface area contributed by atoms with Crippen LogP contribution in [0.15, 0.2) is 0 Å². The predicted molar refractivity (Wildman–Crippen MR) is 37.0 cm³/mol. The van der Waals surface area contributed by atoms with Crippen LogP contribution in [0.25, 0.3) is 0 Å². The molecule has 4 heteroatoms. The highest BCUT2D eigenvalue weighted by Crippen LogP contribution is 2.09. The van der Waals surface area contributed by atoms with Crippen molar-refractivity contribution in [2.24, 2.45) is 0 Å². The van der Waals surface area contributed by atoms with Gasteiger partial charge in [0.1, 0.15) is 5.38 Å². The summed E-state index contributed by atoms with van der Waals surface area (Å²) in [7, 11) is 1.27. The summed E-state index contributed by atoms with van der Waals surface area (Å²) < 4.78 is 4.32. The lowest BCUT2D eigenvalue weighted by Gasteiger charge is -2.07. The fourth-order valence-corrected chi connectivity index (χ4v) is 0.492. The fraction of sp³-hybridized carbons (Fsp3) is 0.800. The summed E-state index contributed by atoms with van der Waals surface area (Å²) in [6, 6.07) is 0. The molecule has 0 fully saturated rings. The van der Waals surface area contributed by atoms with Gasteiger partial charge in [0.15, 0.2) is 0 Å². The van der Waals surface area contributed by atoms with Gasteiger partial charge < -0.3 is 4.74 Å². The van der Waals surface area contributed by atoms with Gasteiger partial charge in [0, 0.05) is 0 Å². The van der Waals surface area contributed by atoms with Gasteiger partial charge in [-0.05, 0) is 6.92 Å². The van der Waals surface area contributed by atoms with Crippen molar-refractivity contribution in [1.82, 2.24) is 0 Å². The van der Waals surface area contributed by atoms with E-state index in [9.17, 15) is 4.79 Å². The highest BCUT2D eigenvalue weighted by molar-refractivity contribution is 6.36. The van der Waals surface area contributed by atoms with E-state index in [4.69, 9.17) is 23.2 Å². The summed E-state index contributed by atoms with van der Waals surface area (Å²) in [5.74, 6) is -0.487. The molecule has 54 valence electrons. The third-order valence-corrected chi connectivity index (χ3v) is 1.77. The van der Waals surface area contributed by atoms with Crippen molar-refractivity contribution in [2.75, 3.05) is 7.11 Å². The normalized spacial score (nSPS) is 16.4. The number of carbonyl (C=O) groups is 1. The lowest BCUT2D eigenvalue weighted by molar-refractivity contribution is -0.140. The second-order valence-corrected chi connectivity index (χ2v) is 2.76. The molecule has 0 aliphatic rings. The third kappa shape index (κ3) is 2.92. The van der Waals surface area contributed by atoms with Gasteiger partial charge in [-0.25, -0.2) is 0 Å². The Bertz CT molecular complexity index is 103. The maximum Gasteiger partial charge on any atom is 0.325 e. The zero-order chi connectivity index (χ0) is 7.44. The van der Waals surface area contributed by atoms with Crippen LogP contribution in [0.5, 0.6) is 0 Å². The van der Waals surface area contributed by atoms with Crippen molar-refractivity contribution >= 4 is 29.2 Å². The second-order valence-electron chi connectivity index (χ2n) is 1.60. The molecule has 2 nitrogen and oxygen atoms in total. The largest absolute Gasteiger partial charge is 0.468 e. The van der Waals surface area contributed by atoms with Gasteiger partial charge in [0.05, 0.1) is 12.5 Å². The first-order chi connectivity index (χ1) is 4.09. The Morgan fingerprint density at radius 1 is 1.56 bits per heavy atom. The van der Waals surface area contributed by atoms with Crippen LogP contribution in [-0.4, -0.2) is 23.8 Å². The van der Waals surface area contributed by atoms with Crippen LogP contribution >= 0.6 is 23.2 Å². The van der Waals surface area contributed by atoms with E-state index in [2.05, 4.69) is 4.74 Å². The van der Waals surface area contributed by atoms with Crippen molar-refractivity contribution in [3.05, 3.63) is 0 Å². The molecule has 0 heterocycles. The summed E-state index contributed by atoms with van der Waals surface area (Å²) in [4.78, 5) is 10.5. The molecule has 0 rings (SSSR count). The first-order valence-corrected chi connectivity index (χ1v) is 3.33. The highest BCUT2D eigenvalue weighted by atomic mass is 35.5. The van der Waals surface area contributed by atoms with Crippen LogP contribution in [0, 0.1) is 0 Å². The number of ether oxygens (including phenoxy) is 1. The van der Waals surface area contributed by atoms with Crippen LogP contribution in [-0.2, 0) is 9.53 Å². The number of methoxy groups -OCH3 is 1. The van der Waals surface area contributed by atoms with E-state index in [1.165, 1.54) is 7.11 Å². The number of hydrogen-bond donors (Lipinski definition) is 0. The fourth-order valence-electron chi connectivity index (χ4n) is 0.300. The Morgan fingerprint density at radius 3 is 2.11 bits per heavy atom. The Morgan fingerprint density at radius 2 is 2.00 bits per heavy atom. The van der Waals surface area contributed by atoms with Gasteiger partial charge in [-0.2, -0.15) is 0 Å². The highest BCUT2D eigenvalue weighted by Gasteiger charge is 2.20. The Labute approximate surface area is 64.1 Å². The first-order valence-electron chi connectivity index (χ1n) is 2.45. The predicted octanol–water partition coefficient (Wildman–Crippen LogP) is 1.39. The molecular formula is C5H8Cl2O2. The van der Waals surface area contributed by atoms with Gasteiger partial charge in [0.2, 0.25) is 0 Å². The minimum atomic E-state index is -0.739. The smallest absolute Gasteiger partial charge is 0.325 e. The van der Waals surface area contributed by atoms with Crippen molar-refractivity contribution in [3.63, 3.8) is 0 Å². The van der Waals surface area contributed by atoms with Gasteiger partial charge in [-0.15, -0.1) is 23.2 Å². The van der Waals surface area contributed by atoms with Crippen molar-refractivity contribution in [2.45, 2.75) is 17.7 Å². The number of alkyl halides is 2. The van der Waals surface area contributed by atoms with Crippen LogP contribution in [0.3, 0.4) is 0 Å². The van der Waals surface area contributed by atoms with E-state index in [0.29, 0.717) is 0 Å². The Kier molecular flexibility index (Phi) is 3.98. The molecule has 0 amide bonds. The van der Waals surface area contributed by atoms with Gasteiger partial charge in [-0.3, -0.25) is 4.79 Å². The average Bonchev–Trinajstić information content (AvgIpc) is 1.84. The molecular weight excluding hydrogens is 163 g/mol. The first kappa shape index (κ1) is 9.05. The zero-order valence-corrected chi connectivity index (χ0v) is 6.74. The topological polar surface area (TPSA) is 26.3 Å². The van der Waals surface area contributed by atoms with E-state index < -0.39 is 11.3 Å². The van der Waals surface area contributed by atoms with E-state index in [0.717, 1.165) is 0 Å². The molecule has 0 aromatic heterocycles. The molecule has 0 aromatic carbocycles. The molecule has 9 heavy (non-hydrogen) atoms. The average molecular weight is 171 g/mol. The molecule has 0 aliphatic heterocycles. The zero-order valence-electron chi connectivity index (χ0n) is 5.23. The molecule has 0 saturated heterocycles. The van der Waals surface area contributed by atoms with Gasteiger partial charge in [-0.1, -0.05) is 0 Å². The van der Waals surface area contributed by atoms with E-state index in [1.807, 2.05) is 0 Å². The van der Waals surface area contributed by atoms with Gasteiger partial charge in [0.25, 0.3) is 0 Å². The maximum absolute atomic E-state index is 10.5. The lowest BCUT2D eigenvalue weighted by atomic mass is 10.3. The van der Waals surface area contributed by atoms with Crippen LogP contribution in [0.2, 0.25) is 0 Å². The number of halogens is 2. The standard InChI is InChI=1S/C5H8Cl2O2/c1-3(6)4(7)5(8)9-2/h3-4H,1-2H3. The Hall–Kier alpha value is 0.0500. The number of esters is 1. The third-order valence-electron chi connectivity index (χ3n) is 0.830. The van der Waals surface area contributed by atoms with E-state index >= 15 is 0 Å². The molecule has 0 radical (unpaired) electrons. The molecule has 0 aromatic rings. The minimum Gasteiger partial charge on any atom is -0.468 e. The lowest BCUT2D eigenvalue weighted by Crippen LogP contribution is -2.23. The van der Waals surface area contributed by atoms with Gasteiger partial charge >= 0.3 is 5.97 Å². The summed E-state index contributed by atoms with van der Waals surface area (Å²) >= 11 is 10.9. The van der Waals surface area contributed by atoms with E-state index in [1.54, 1.807) is 6.92 Å². The molecule has 0 bridgehead atoms. The van der Waals surface area contributed by atoms with Crippen LogP contribution in [0.1, 0.15) is 6.92 Å². The quantitative estimate of drug-likeness (QED) is 0.463. The van der Waals surface area contributed by atoms with Crippen LogP contribution < -0.4 is 0 Å². The van der Waals surface area contributed by atoms with Crippen molar-refractivity contribution in [3.8, 4) is 0 Å². The Balaban J connectivity index is 3.72. The monoisotopic (exact) mass is 170 g/mol. The summed E-state index contributed by atoms with van der Waals surface area (Å²) in [6.07, 6.45) is 0. The van der Waals surface area contributed by atoms with E-state index in [-0.39, 0.29) is 5.38 Å². The number of rotatable bonds is 2. The van der Waals surface area contributed by atoms with Crippen LogP contribution in [0.4, 0.5) is 0 Å². The molecule has 0 saturated carbocycles. The number of hydrogen-bond acceptors (Lipinski definition) is 2. The minimum absolute atomic E-state index is 0.390. The summed E-state index contributed by atoms with van der Waals surface area (Å²) in [6.45, 7) is 1.64. The molecule has 0 N–H and O–H groups in total. The number of carbonyl (C=O) groups excluding carboxylic acids is 1. The maximum atomic E-state index is 10.5. The molecule has 0 spiro atoms. The van der Waals surface area contributed by atoms with Crippen molar-refractivity contribution in [1.29, 1.82) is 0 Å².